The summed E-state index contributed by atoms with van der Waals surface area (Å²) in [6.45, 7) is 3.54. The summed E-state index contributed by atoms with van der Waals surface area (Å²) in [7, 11) is 0. The van der Waals surface area contributed by atoms with E-state index >= 15 is 0 Å². The highest BCUT2D eigenvalue weighted by Crippen LogP contribution is 2.37. The van der Waals surface area contributed by atoms with E-state index in [0.717, 1.165) is 35.1 Å². The molecule has 33 heavy (non-hydrogen) atoms. The van der Waals surface area contributed by atoms with Crippen molar-refractivity contribution in [2.45, 2.75) is 32.6 Å². The molecule has 1 N–H and O–H groups in total. The predicted molar refractivity (Wildman–Crippen MR) is 126 cm³/mol. The molecule has 1 saturated heterocycles. The highest BCUT2D eigenvalue weighted by molar-refractivity contribution is 5.86. The molecule has 2 amide bonds. The minimum Gasteiger partial charge on any atom is -0.356 e. The molecule has 3 heterocycles. The Labute approximate surface area is 194 Å². The fraction of sp³-hybridized carbons (Fsp3) is 0.346. The SMILES string of the molecule is CCNC(=O)C1(Cc2ccccc2-c2cncnc2)CCCN(C(=O)Cc2cccnc2)C1. The summed E-state index contributed by atoms with van der Waals surface area (Å²) in [6, 6.07) is 11.8. The summed E-state index contributed by atoms with van der Waals surface area (Å²) in [5.74, 6) is 0.0316. The average Bonchev–Trinajstić information content (AvgIpc) is 2.86. The predicted octanol–water partition coefficient (Wildman–Crippen LogP) is 3.07. The zero-order valence-corrected chi connectivity index (χ0v) is 18.9. The lowest BCUT2D eigenvalue weighted by atomic mass is 9.73. The van der Waals surface area contributed by atoms with E-state index in [2.05, 4.69) is 26.3 Å². The largest absolute Gasteiger partial charge is 0.356 e. The molecule has 0 bridgehead atoms. The number of likely N-dealkylation sites (tertiary alicyclic amines) is 1. The van der Waals surface area contributed by atoms with Gasteiger partial charge in [0, 0.05) is 50.0 Å². The Bertz CT molecular complexity index is 1090. The number of rotatable bonds is 7. The average molecular weight is 444 g/mol. The Morgan fingerprint density at radius 1 is 1.06 bits per heavy atom. The number of nitrogens with zero attached hydrogens (tertiary/aromatic N) is 4. The molecule has 0 spiro atoms. The Morgan fingerprint density at radius 3 is 2.64 bits per heavy atom. The number of nitrogens with one attached hydrogen (secondary N) is 1. The van der Waals surface area contributed by atoms with E-state index in [1.54, 1.807) is 24.8 Å². The number of piperidine rings is 1. The van der Waals surface area contributed by atoms with E-state index < -0.39 is 5.41 Å². The normalized spacial score (nSPS) is 18.0. The van der Waals surface area contributed by atoms with Crippen LogP contribution in [0.25, 0.3) is 11.1 Å². The van der Waals surface area contributed by atoms with Crippen LogP contribution in [0.1, 0.15) is 30.9 Å². The van der Waals surface area contributed by atoms with E-state index in [4.69, 9.17) is 0 Å². The molecule has 0 saturated carbocycles. The number of hydrogen-bond acceptors (Lipinski definition) is 5. The summed E-state index contributed by atoms with van der Waals surface area (Å²) in [5, 5.41) is 3.03. The molecule has 0 aliphatic carbocycles. The first-order valence-corrected chi connectivity index (χ1v) is 11.4. The van der Waals surface area contributed by atoms with Gasteiger partial charge in [0.05, 0.1) is 11.8 Å². The molecule has 1 aliphatic heterocycles. The summed E-state index contributed by atoms with van der Waals surface area (Å²) in [5.41, 5.74) is 3.18. The molecule has 170 valence electrons. The Morgan fingerprint density at radius 2 is 1.88 bits per heavy atom. The van der Waals surface area contributed by atoms with Crippen LogP contribution in [0, 0.1) is 5.41 Å². The Balaban J connectivity index is 1.62. The Kier molecular flexibility index (Phi) is 7.07. The smallest absolute Gasteiger partial charge is 0.228 e. The first-order chi connectivity index (χ1) is 16.1. The van der Waals surface area contributed by atoms with Crippen LogP contribution in [-0.2, 0) is 22.4 Å². The fourth-order valence-electron chi connectivity index (χ4n) is 4.65. The van der Waals surface area contributed by atoms with Crippen molar-refractivity contribution >= 4 is 11.8 Å². The minimum atomic E-state index is -0.690. The molecule has 1 aliphatic rings. The van der Waals surface area contributed by atoms with Gasteiger partial charge in [0.2, 0.25) is 11.8 Å². The first-order valence-electron chi connectivity index (χ1n) is 11.4. The number of pyridine rings is 1. The van der Waals surface area contributed by atoms with Gasteiger partial charge in [-0.15, -0.1) is 0 Å². The van der Waals surface area contributed by atoms with Crippen molar-refractivity contribution in [1.29, 1.82) is 0 Å². The second-order valence-corrected chi connectivity index (χ2v) is 8.56. The second kappa shape index (κ2) is 10.3. The van der Waals surface area contributed by atoms with Crippen LogP contribution in [-0.4, -0.2) is 51.3 Å². The highest BCUT2D eigenvalue weighted by atomic mass is 16.2. The zero-order chi connectivity index (χ0) is 23.1. The van der Waals surface area contributed by atoms with E-state index in [0.29, 0.717) is 26.1 Å². The van der Waals surface area contributed by atoms with Crippen LogP contribution >= 0.6 is 0 Å². The van der Waals surface area contributed by atoms with Gasteiger partial charge in [0.1, 0.15) is 6.33 Å². The number of amides is 2. The summed E-state index contributed by atoms with van der Waals surface area (Å²) in [6.07, 6.45) is 10.8. The highest BCUT2D eigenvalue weighted by Gasteiger charge is 2.43. The summed E-state index contributed by atoms with van der Waals surface area (Å²) in [4.78, 5) is 40.8. The second-order valence-electron chi connectivity index (χ2n) is 8.56. The van der Waals surface area contributed by atoms with Crippen molar-refractivity contribution in [1.82, 2.24) is 25.2 Å². The number of benzene rings is 1. The molecule has 4 rings (SSSR count). The lowest BCUT2D eigenvalue weighted by Gasteiger charge is -2.42. The maximum atomic E-state index is 13.4. The Hall–Kier alpha value is -3.61. The monoisotopic (exact) mass is 443 g/mol. The maximum Gasteiger partial charge on any atom is 0.228 e. The van der Waals surface area contributed by atoms with Gasteiger partial charge >= 0.3 is 0 Å². The molecule has 1 atom stereocenters. The van der Waals surface area contributed by atoms with Gasteiger partial charge in [-0.3, -0.25) is 14.6 Å². The van der Waals surface area contributed by atoms with Crippen LogP contribution in [0.5, 0.6) is 0 Å². The van der Waals surface area contributed by atoms with Crippen LogP contribution in [0.4, 0.5) is 0 Å². The number of hydrogen-bond donors (Lipinski definition) is 1. The van der Waals surface area contributed by atoms with Crippen molar-refractivity contribution in [3.63, 3.8) is 0 Å². The van der Waals surface area contributed by atoms with Gasteiger partial charge in [0.25, 0.3) is 0 Å². The van der Waals surface area contributed by atoms with Gasteiger partial charge in [-0.2, -0.15) is 0 Å². The molecular formula is C26H29N5O2. The molecule has 7 nitrogen and oxygen atoms in total. The van der Waals surface area contributed by atoms with Crippen LogP contribution in [0.15, 0.2) is 67.5 Å². The zero-order valence-electron chi connectivity index (χ0n) is 18.9. The molecule has 1 aromatic carbocycles. The molecule has 7 heteroatoms. The van der Waals surface area contributed by atoms with E-state index in [1.165, 1.54) is 6.33 Å². The van der Waals surface area contributed by atoms with Crippen molar-refractivity contribution in [2.24, 2.45) is 5.41 Å². The number of carbonyl (C=O) groups is 2. The fourth-order valence-corrected chi connectivity index (χ4v) is 4.65. The van der Waals surface area contributed by atoms with Crippen LogP contribution in [0.2, 0.25) is 0 Å². The molecule has 2 aromatic heterocycles. The lowest BCUT2D eigenvalue weighted by molar-refractivity contribution is -0.141. The summed E-state index contributed by atoms with van der Waals surface area (Å²) >= 11 is 0. The minimum absolute atomic E-state index is 0.00277. The maximum absolute atomic E-state index is 13.4. The third-order valence-corrected chi connectivity index (χ3v) is 6.24. The third kappa shape index (κ3) is 5.25. The van der Waals surface area contributed by atoms with Crippen LogP contribution < -0.4 is 5.32 Å². The van der Waals surface area contributed by atoms with Gasteiger partial charge in [-0.25, -0.2) is 9.97 Å². The van der Waals surface area contributed by atoms with Crippen LogP contribution in [0.3, 0.4) is 0 Å². The quantitative estimate of drug-likeness (QED) is 0.606. The van der Waals surface area contributed by atoms with Crippen molar-refractivity contribution in [3.8, 4) is 11.1 Å². The molecule has 0 radical (unpaired) electrons. The first kappa shape index (κ1) is 22.6. The molecular weight excluding hydrogens is 414 g/mol. The summed E-state index contributed by atoms with van der Waals surface area (Å²) < 4.78 is 0. The number of carbonyl (C=O) groups excluding carboxylic acids is 2. The number of aromatic nitrogens is 3. The van der Waals surface area contributed by atoms with E-state index in [1.807, 2.05) is 42.2 Å². The van der Waals surface area contributed by atoms with Crippen molar-refractivity contribution in [2.75, 3.05) is 19.6 Å². The molecule has 3 aromatic rings. The lowest BCUT2D eigenvalue weighted by Crippen LogP contribution is -2.54. The van der Waals surface area contributed by atoms with Crippen molar-refractivity contribution in [3.05, 3.63) is 78.6 Å². The topological polar surface area (TPSA) is 88.1 Å². The van der Waals surface area contributed by atoms with Gasteiger partial charge in [-0.1, -0.05) is 30.3 Å². The van der Waals surface area contributed by atoms with Gasteiger partial charge in [0.15, 0.2) is 0 Å². The van der Waals surface area contributed by atoms with Crippen molar-refractivity contribution < 1.29 is 9.59 Å². The van der Waals surface area contributed by atoms with E-state index in [9.17, 15) is 9.59 Å². The standard InChI is InChI=1S/C26H29N5O2/c1-2-30-25(33)26(14-21-8-3-4-9-23(21)22-16-28-19-29-17-22)10-6-12-31(18-26)24(32)13-20-7-5-11-27-15-20/h3-5,7-9,11,15-17,19H,2,6,10,12-14,18H2,1H3,(H,30,33). The van der Waals surface area contributed by atoms with Gasteiger partial charge in [-0.05, 0) is 48.9 Å². The van der Waals surface area contributed by atoms with Gasteiger partial charge < -0.3 is 10.2 Å². The third-order valence-electron chi connectivity index (χ3n) is 6.24. The molecule has 1 unspecified atom stereocenters. The van der Waals surface area contributed by atoms with E-state index in [-0.39, 0.29) is 18.2 Å². The molecule has 1 fully saturated rings.